The number of nitrogens with zero attached hydrogens (tertiary/aromatic N) is 2. The van der Waals surface area contributed by atoms with Gasteiger partial charge in [-0.05, 0) is 30.3 Å². The average Bonchev–Trinajstić information content (AvgIpc) is 3.31. The number of rotatable bonds is 2. The molecule has 0 saturated heterocycles. The van der Waals surface area contributed by atoms with Crippen LogP contribution in [0.25, 0.3) is 49.9 Å². The second kappa shape index (κ2) is 5.60. The van der Waals surface area contributed by atoms with Crippen LogP contribution in [0, 0.1) is 0 Å². The lowest BCUT2D eigenvalue weighted by atomic mass is 10.1. The second-order valence-corrected chi connectivity index (χ2v) is 6.86. The third-order valence-corrected chi connectivity index (χ3v) is 5.28. The quantitative estimate of drug-likeness (QED) is 0.375. The van der Waals surface area contributed by atoms with Crippen LogP contribution >= 0.6 is 0 Å². The van der Waals surface area contributed by atoms with E-state index in [9.17, 15) is 0 Å². The van der Waals surface area contributed by atoms with Crippen LogP contribution in [-0.4, -0.2) is 16.5 Å². The first-order chi connectivity index (χ1) is 13.8. The zero-order chi connectivity index (χ0) is 18.7. The van der Waals surface area contributed by atoms with Gasteiger partial charge in [0.1, 0.15) is 22.6 Å². The van der Waals surface area contributed by atoms with E-state index in [1.807, 2.05) is 54.6 Å². The molecule has 0 bridgehead atoms. The highest BCUT2D eigenvalue weighted by molar-refractivity contribution is 6.14. The van der Waals surface area contributed by atoms with Crippen molar-refractivity contribution >= 4 is 38.6 Å². The smallest absolute Gasteiger partial charge is 0.150 e. The van der Waals surface area contributed by atoms with Crippen molar-refractivity contribution in [2.24, 2.45) is 0 Å². The van der Waals surface area contributed by atoms with Gasteiger partial charge in [-0.1, -0.05) is 42.5 Å². The highest BCUT2D eigenvalue weighted by atomic mass is 16.5. The molecule has 0 aliphatic heterocycles. The van der Waals surface area contributed by atoms with Crippen molar-refractivity contribution in [1.82, 2.24) is 9.38 Å². The minimum atomic E-state index is 0.819. The highest BCUT2D eigenvalue weighted by Gasteiger charge is 2.18. The van der Waals surface area contributed by atoms with E-state index in [0.29, 0.717) is 0 Å². The summed E-state index contributed by atoms with van der Waals surface area (Å²) < 4.78 is 13.9. The lowest BCUT2D eigenvalue weighted by molar-refractivity contribution is 0.415. The summed E-state index contributed by atoms with van der Waals surface area (Å²) in [4.78, 5) is 4.97. The molecular formula is C24H16N2O2. The number of imidazole rings is 1. The molecule has 0 aliphatic carbocycles. The standard InChI is InChI=1S/C24H16N2O2/c1-27-16-8-6-7-15(13-16)20-14-22-23(17-9-2-5-12-21(17)28-22)24-25-18-10-3-4-11-19(18)26(20)24/h2-14H,1H3. The van der Waals surface area contributed by atoms with Crippen LogP contribution < -0.4 is 4.74 Å². The summed E-state index contributed by atoms with van der Waals surface area (Å²) in [5.74, 6) is 0.819. The number of benzene rings is 3. The summed E-state index contributed by atoms with van der Waals surface area (Å²) in [5.41, 5.74) is 6.72. The van der Waals surface area contributed by atoms with Gasteiger partial charge in [-0.25, -0.2) is 4.98 Å². The third-order valence-electron chi connectivity index (χ3n) is 5.28. The van der Waals surface area contributed by atoms with Gasteiger partial charge < -0.3 is 9.15 Å². The molecular weight excluding hydrogens is 348 g/mol. The van der Waals surface area contributed by atoms with Crippen LogP contribution in [0.5, 0.6) is 5.75 Å². The summed E-state index contributed by atoms with van der Waals surface area (Å²) in [6, 6.07) is 26.5. The topological polar surface area (TPSA) is 39.7 Å². The highest BCUT2D eigenvalue weighted by Crippen LogP contribution is 2.37. The summed E-state index contributed by atoms with van der Waals surface area (Å²) >= 11 is 0. The first kappa shape index (κ1) is 15.3. The van der Waals surface area contributed by atoms with E-state index in [4.69, 9.17) is 14.1 Å². The largest absolute Gasteiger partial charge is 0.497 e. The van der Waals surface area contributed by atoms with E-state index in [0.717, 1.165) is 55.6 Å². The molecule has 0 amide bonds. The predicted octanol–water partition coefficient (Wildman–Crippen LogP) is 6.06. The number of para-hydroxylation sites is 3. The van der Waals surface area contributed by atoms with Crippen LogP contribution in [0.2, 0.25) is 0 Å². The van der Waals surface area contributed by atoms with Gasteiger partial charge in [0.2, 0.25) is 0 Å². The summed E-state index contributed by atoms with van der Waals surface area (Å²) in [6.45, 7) is 0. The van der Waals surface area contributed by atoms with Gasteiger partial charge in [-0.3, -0.25) is 4.40 Å². The maximum atomic E-state index is 6.19. The SMILES string of the molecule is COc1cccc(-c2cc3oc4ccccc4c3c3nc4ccccc4n23)c1. The number of fused-ring (bicyclic) bond motifs is 7. The molecule has 0 radical (unpaired) electrons. The van der Waals surface area contributed by atoms with E-state index < -0.39 is 0 Å². The van der Waals surface area contributed by atoms with E-state index >= 15 is 0 Å². The Morgan fingerprint density at radius 3 is 2.64 bits per heavy atom. The number of hydrogen-bond acceptors (Lipinski definition) is 3. The molecule has 0 unspecified atom stereocenters. The van der Waals surface area contributed by atoms with Gasteiger partial charge in [-0.2, -0.15) is 0 Å². The Hall–Kier alpha value is -3.79. The predicted molar refractivity (Wildman–Crippen MR) is 112 cm³/mol. The van der Waals surface area contributed by atoms with Crippen LogP contribution in [0.3, 0.4) is 0 Å². The number of methoxy groups -OCH3 is 1. The first-order valence-corrected chi connectivity index (χ1v) is 9.19. The Labute approximate surface area is 160 Å². The molecule has 3 aromatic carbocycles. The van der Waals surface area contributed by atoms with E-state index in [2.05, 4.69) is 28.7 Å². The van der Waals surface area contributed by atoms with Crippen LogP contribution in [-0.2, 0) is 0 Å². The Morgan fingerprint density at radius 1 is 0.857 bits per heavy atom. The fourth-order valence-electron chi connectivity index (χ4n) is 4.02. The van der Waals surface area contributed by atoms with E-state index in [1.165, 1.54) is 0 Å². The lowest BCUT2D eigenvalue weighted by Gasteiger charge is -2.09. The molecule has 4 nitrogen and oxygen atoms in total. The van der Waals surface area contributed by atoms with Crippen molar-refractivity contribution in [1.29, 1.82) is 0 Å². The minimum Gasteiger partial charge on any atom is -0.497 e. The normalized spacial score (nSPS) is 11.8. The number of furan rings is 1. The van der Waals surface area contributed by atoms with Crippen molar-refractivity contribution in [3.8, 4) is 17.0 Å². The van der Waals surface area contributed by atoms with Gasteiger partial charge in [0.25, 0.3) is 0 Å². The Morgan fingerprint density at radius 2 is 1.71 bits per heavy atom. The molecule has 0 spiro atoms. The van der Waals surface area contributed by atoms with Gasteiger partial charge in [0, 0.05) is 17.0 Å². The molecule has 3 heterocycles. The average molecular weight is 364 g/mol. The van der Waals surface area contributed by atoms with Gasteiger partial charge in [0.15, 0.2) is 0 Å². The van der Waals surface area contributed by atoms with Crippen molar-refractivity contribution in [2.45, 2.75) is 0 Å². The maximum absolute atomic E-state index is 6.19. The molecule has 134 valence electrons. The monoisotopic (exact) mass is 364 g/mol. The summed E-state index contributed by atoms with van der Waals surface area (Å²) in [7, 11) is 1.68. The summed E-state index contributed by atoms with van der Waals surface area (Å²) in [5, 5.41) is 2.12. The molecule has 6 aromatic rings. The maximum Gasteiger partial charge on any atom is 0.150 e. The van der Waals surface area contributed by atoms with Crippen LogP contribution in [0.4, 0.5) is 0 Å². The van der Waals surface area contributed by atoms with Gasteiger partial charge >= 0.3 is 0 Å². The minimum absolute atomic E-state index is 0.819. The van der Waals surface area contributed by atoms with Crippen molar-refractivity contribution in [3.63, 3.8) is 0 Å². The number of ether oxygens (including phenoxy) is 1. The first-order valence-electron chi connectivity index (χ1n) is 9.19. The molecule has 0 aliphatic rings. The number of aromatic nitrogens is 2. The molecule has 0 N–H and O–H groups in total. The van der Waals surface area contributed by atoms with Crippen LogP contribution in [0.15, 0.2) is 83.3 Å². The Balaban J connectivity index is 1.86. The zero-order valence-electron chi connectivity index (χ0n) is 15.2. The van der Waals surface area contributed by atoms with E-state index in [1.54, 1.807) is 7.11 Å². The Kier molecular flexibility index (Phi) is 3.06. The Bertz CT molecular complexity index is 1510. The molecule has 3 aromatic heterocycles. The van der Waals surface area contributed by atoms with Crippen molar-refractivity contribution in [2.75, 3.05) is 7.11 Å². The zero-order valence-corrected chi connectivity index (χ0v) is 15.2. The number of hydrogen-bond donors (Lipinski definition) is 0. The summed E-state index contributed by atoms with van der Waals surface area (Å²) in [6.07, 6.45) is 0. The van der Waals surface area contributed by atoms with Gasteiger partial charge in [0.05, 0.1) is 29.2 Å². The second-order valence-electron chi connectivity index (χ2n) is 6.86. The van der Waals surface area contributed by atoms with Gasteiger partial charge in [-0.15, -0.1) is 0 Å². The molecule has 0 fully saturated rings. The fourth-order valence-corrected chi connectivity index (χ4v) is 4.02. The molecule has 4 heteroatoms. The lowest BCUT2D eigenvalue weighted by Crippen LogP contribution is -1.93. The fraction of sp³-hybridized carbons (Fsp3) is 0.0417. The van der Waals surface area contributed by atoms with E-state index in [-0.39, 0.29) is 0 Å². The molecule has 28 heavy (non-hydrogen) atoms. The molecule has 0 atom stereocenters. The third kappa shape index (κ3) is 2.03. The van der Waals surface area contributed by atoms with Crippen molar-refractivity contribution in [3.05, 3.63) is 78.9 Å². The molecule has 0 saturated carbocycles. The van der Waals surface area contributed by atoms with Crippen molar-refractivity contribution < 1.29 is 9.15 Å². The number of pyridine rings is 1. The van der Waals surface area contributed by atoms with Crippen LogP contribution in [0.1, 0.15) is 0 Å². The molecule has 6 rings (SSSR count).